The molecule has 1 aromatic carbocycles. The summed E-state index contributed by atoms with van der Waals surface area (Å²) in [5, 5.41) is 18.2. The van der Waals surface area contributed by atoms with Gasteiger partial charge < -0.3 is 14.8 Å². The second-order valence-electron chi connectivity index (χ2n) is 4.95. The summed E-state index contributed by atoms with van der Waals surface area (Å²) in [6, 6.07) is 4.93. The molecular weight excluding hydrogens is 244 g/mol. The maximum Gasteiger partial charge on any atom is 0.335 e. The Kier molecular flexibility index (Phi) is 3.57. The average Bonchev–Trinajstić information content (AvgIpc) is 2.82. The first kappa shape index (κ1) is 13.5. The molecule has 2 rings (SSSR count). The summed E-state index contributed by atoms with van der Waals surface area (Å²) >= 11 is 0. The van der Waals surface area contributed by atoms with Gasteiger partial charge in [-0.05, 0) is 38.0 Å². The summed E-state index contributed by atoms with van der Waals surface area (Å²) in [6.07, 6.45) is 3.21. The maximum atomic E-state index is 10.9. The van der Waals surface area contributed by atoms with Gasteiger partial charge in [-0.3, -0.25) is 0 Å². The van der Waals surface area contributed by atoms with E-state index in [1.54, 1.807) is 24.5 Å². The third-order valence-corrected chi connectivity index (χ3v) is 3.79. The first-order valence-corrected chi connectivity index (χ1v) is 6.33. The second-order valence-corrected chi connectivity index (χ2v) is 4.95. The Labute approximate surface area is 111 Å². The van der Waals surface area contributed by atoms with Crippen molar-refractivity contribution in [2.75, 3.05) is 6.61 Å². The number of imidazole rings is 1. The van der Waals surface area contributed by atoms with E-state index >= 15 is 0 Å². The van der Waals surface area contributed by atoms with Crippen LogP contribution in [-0.4, -0.2) is 32.3 Å². The number of aliphatic hydroxyl groups is 1. The largest absolute Gasteiger partial charge is 0.478 e. The fourth-order valence-electron chi connectivity index (χ4n) is 2.28. The molecule has 102 valence electrons. The highest BCUT2D eigenvalue weighted by atomic mass is 16.4. The highest BCUT2D eigenvalue weighted by Crippen LogP contribution is 2.29. The summed E-state index contributed by atoms with van der Waals surface area (Å²) in [4.78, 5) is 15.2. The number of benzene rings is 1. The molecule has 0 aliphatic carbocycles. The van der Waals surface area contributed by atoms with Crippen LogP contribution in [0.25, 0.3) is 11.0 Å². The summed E-state index contributed by atoms with van der Waals surface area (Å²) in [5.41, 5.74) is 1.58. The lowest BCUT2D eigenvalue weighted by molar-refractivity contribution is 0.0697. The Bertz CT molecular complexity index is 606. The van der Waals surface area contributed by atoms with Gasteiger partial charge in [0.05, 0.1) is 22.9 Å². The summed E-state index contributed by atoms with van der Waals surface area (Å²) in [6.45, 7) is 4.24. The molecule has 0 aliphatic rings. The lowest BCUT2D eigenvalue weighted by Crippen LogP contribution is -2.29. The first-order chi connectivity index (χ1) is 9.01. The molecule has 1 aromatic heterocycles. The van der Waals surface area contributed by atoms with E-state index < -0.39 is 5.97 Å². The van der Waals surface area contributed by atoms with Gasteiger partial charge in [-0.1, -0.05) is 6.92 Å². The van der Waals surface area contributed by atoms with Gasteiger partial charge in [-0.15, -0.1) is 0 Å². The quantitative estimate of drug-likeness (QED) is 0.866. The molecule has 2 N–H and O–H groups in total. The van der Waals surface area contributed by atoms with Crippen molar-refractivity contribution in [3.63, 3.8) is 0 Å². The zero-order chi connectivity index (χ0) is 14.0. The highest BCUT2D eigenvalue weighted by molar-refractivity contribution is 5.92. The minimum absolute atomic E-state index is 0.108. The standard InChI is InChI=1S/C14H18N2O3/c1-3-14(2,6-7-17)16-9-15-11-8-10(13(18)19)4-5-12(11)16/h4-5,8-9,17H,3,6-7H2,1-2H3,(H,18,19). The molecule has 0 spiro atoms. The van der Waals surface area contributed by atoms with Crippen LogP contribution < -0.4 is 0 Å². The van der Waals surface area contributed by atoms with Crippen molar-refractivity contribution in [3.8, 4) is 0 Å². The van der Waals surface area contributed by atoms with E-state index in [0.717, 1.165) is 11.9 Å². The Morgan fingerprint density at radius 2 is 2.21 bits per heavy atom. The number of aromatic carboxylic acids is 1. The highest BCUT2D eigenvalue weighted by Gasteiger charge is 2.25. The minimum Gasteiger partial charge on any atom is -0.478 e. The normalized spacial score (nSPS) is 14.5. The fourth-order valence-corrected chi connectivity index (χ4v) is 2.28. The molecule has 19 heavy (non-hydrogen) atoms. The van der Waals surface area contributed by atoms with E-state index in [-0.39, 0.29) is 17.7 Å². The third kappa shape index (κ3) is 2.33. The van der Waals surface area contributed by atoms with E-state index in [1.807, 2.05) is 4.57 Å². The number of hydrogen-bond donors (Lipinski definition) is 2. The first-order valence-electron chi connectivity index (χ1n) is 6.33. The monoisotopic (exact) mass is 262 g/mol. The number of rotatable bonds is 5. The van der Waals surface area contributed by atoms with Crippen LogP contribution in [0.1, 0.15) is 37.0 Å². The van der Waals surface area contributed by atoms with E-state index in [9.17, 15) is 9.90 Å². The Hall–Kier alpha value is -1.88. The van der Waals surface area contributed by atoms with Crippen LogP contribution in [0.2, 0.25) is 0 Å². The van der Waals surface area contributed by atoms with E-state index in [0.29, 0.717) is 11.9 Å². The van der Waals surface area contributed by atoms with Gasteiger partial charge in [0.25, 0.3) is 0 Å². The molecule has 0 aliphatic heterocycles. The van der Waals surface area contributed by atoms with E-state index in [1.165, 1.54) is 0 Å². The number of hydrogen-bond acceptors (Lipinski definition) is 3. The van der Waals surface area contributed by atoms with Crippen LogP contribution in [0.15, 0.2) is 24.5 Å². The van der Waals surface area contributed by atoms with Crippen molar-refractivity contribution in [2.24, 2.45) is 0 Å². The van der Waals surface area contributed by atoms with Crippen LogP contribution in [0, 0.1) is 0 Å². The molecule has 5 heteroatoms. The molecule has 2 aromatic rings. The molecule has 5 nitrogen and oxygen atoms in total. The maximum absolute atomic E-state index is 10.9. The zero-order valence-corrected chi connectivity index (χ0v) is 11.1. The lowest BCUT2D eigenvalue weighted by Gasteiger charge is -2.30. The minimum atomic E-state index is -0.954. The molecule has 0 radical (unpaired) electrons. The molecule has 1 unspecified atom stereocenters. The Balaban J connectivity index is 2.54. The molecule has 0 saturated carbocycles. The van der Waals surface area contributed by atoms with Crippen LogP contribution in [0.4, 0.5) is 0 Å². The molecular formula is C14H18N2O3. The number of aromatic nitrogens is 2. The van der Waals surface area contributed by atoms with Crippen LogP contribution in [0.3, 0.4) is 0 Å². The van der Waals surface area contributed by atoms with Crippen LogP contribution in [-0.2, 0) is 5.54 Å². The molecule has 0 fully saturated rings. The molecule has 1 heterocycles. The van der Waals surface area contributed by atoms with Crippen molar-refractivity contribution in [1.82, 2.24) is 9.55 Å². The second kappa shape index (κ2) is 5.01. The lowest BCUT2D eigenvalue weighted by atomic mass is 9.94. The van der Waals surface area contributed by atoms with Crippen molar-refractivity contribution in [2.45, 2.75) is 32.2 Å². The summed E-state index contributed by atoms with van der Waals surface area (Å²) < 4.78 is 2.02. The van der Waals surface area contributed by atoms with Crippen LogP contribution in [0.5, 0.6) is 0 Å². The van der Waals surface area contributed by atoms with Gasteiger partial charge in [-0.2, -0.15) is 0 Å². The SMILES string of the molecule is CCC(C)(CCO)n1cnc2cc(C(=O)O)ccc21. The van der Waals surface area contributed by atoms with Gasteiger partial charge in [0, 0.05) is 12.1 Å². The number of aliphatic hydroxyl groups excluding tert-OH is 1. The number of nitrogens with zero attached hydrogens (tertiary/aromatic N) is 2. The average molecular weight is 262 g/mol. The van der Waals surface area contributed by atoms with E-state index in [4.69, 9.17) is 5.11 Å². The van der Waals surface area contributed by atoms with Gasteiger partial charge in [0.1, 0.15) is 0 Å². The van der Waals surface area contributed by atoms with Crippen molar-refractivity contribution >= 4 is 17.0 Å². The van der Waals surface area contributed by atoms with Crippen molar-refractivity contribution < 1.29 is 15.0 Å². The molecule has 0 bridgehead atoms. The van der Waals surface area contributed by atoms with Crippen molar-refractivity contribution in [1.29, 1.82) is 0 Å². The van der Waals surface area contributed by atoms with E-state index in [2.05, 4.69) is 18.8 Å². The Morgan fingerprint density at radius 3 is 2.79 bits per heavy atom. The molecule has 0 amide bonds. The topological polar surface area (TPSA) is 75.3 Å². The molecule has 1 atom stereocenters. The van der Waals surface area contributed by atoms with Gasteiger partial charge >= 0.3 is 5.97 Å². The Morgan fingerprint density at radius 1 is 1.47 bits per heavy atom. The number of carbonyl (C=O) groups is 1. The van der Waals surface area contributed by atoms with Gasteiger partial charge in [0.15, 0.2) is 0 Å². The number of fused-ring (bicyclic) bond motifs is 1. The van der Waals surface area contributed by atoms with Crippen molar-refractivity contribution in [3.05, 3.63) is 30.1 Å². The number of carboxylic acid groups (broad SMARTS) is 1. The fraction of sp³-hybridized carbons (Fsp3) is 0.429. The van der Waals surface area contributed by atoms with Gasteiger partial charge in [0.2, 0.25) is 0 Å². The predicted molar refractivity (Wildman–Crippen MR) is 72.3 cm³/mol. The summed E-state index contributed by atoms with van der Waals surface area (Å²) in [5.74, 6) is -0.954. The summed E-state index contributed by atoms with van der Waals surface area (Å²) in [7, 11) is 0. The zero-order valence-electron chi connectivity index (χ0n) is 11.1. The third-order valence-electron chi connectivity index (χ3n) is 3.79. The smallest absolute Gasteiger partial charge is 0.335 e. The predicted octanol–water partition coefficient (Wildman–Crippen LogP) is 2.24. The van der Waals surface area contributed by atoms with Gasteiger partial charge in [-0.25, -0.2) is 9.78 Å². The molecule has 0 saturated heterocycles. The van der Waals surface area contributed by atoms with Crippen LogP contribution >= 0.6 is 0 Å². The number of carboxylic acids is 1.